The van der Waals surface area contributed by atoms with Crippen molar-refractivity contribution in [3.05, 3.63) is 44.7 Å². The van der Waals surface area contributed by atoms with Crippen LogP contribution in [0.5, 0.6) is 0 Å². The summed E-state index contributed by atoms with van der Waals surface area (Å²) in [5.74, 6) is 0.487. The van der Waals surface area contributed by atoms with Crippen molar-refractivity contribution in [2.45, 2.75) is 76.8 Å². The Morgan fingerprint density at radius 3 is 2.56 bits per heavy atom. The third kappa shape index (κ3) is 4.10. The van der Waals surface area contributed by atoms with Crippen LogP contribution in [0.4, 0.5) is 5.82 Å². The molecule has 0 spiro atoms. The van der Waals surface area contributed by atoms with Gasteiger partial charge in [-0.1, -0.05) is 62.2 Å². The molecule has 8 heteroatoms. The molecule has 0 unspecified atom stereocenters. The number of rotatable bonds is 4. The molecule has 2 saturated carbocycles. The second kappa shape index (κ2) is 8.98. The number of pyridine rings is 1. The summed E-state index contributed by atoms with van der Waals surface area (Å²) in [7, 11) is 0. The molecule has 0 bridgehead atoms. The molecule has 3 fully saturated rings. The summed E-state index contributed by atoms with van der Waals surface area (Å²) in [6.45, 7) is 1.95. The predicted molar refractivity (Wildman–Crippen MR) is 134 cm³/mol. The van der Waals surface area contributed by atoms with Gasteiger partial charge in [0.1, 0.15) is 15.8 Å². The fourth-order valence-electron chi connectivity index (χ4n) is 5.03. The average molecular weight is 469 g/mol. The molecular weight excluding hydrogens is 440 g/mol. The molecule has 1 amide bonds. The van der Waals surface area contributed by atoms with E-state index in [4.69, 9.17) is 17.2 Å². The second-order valence-corrected chi connectivity index (χ2v) is 10.8. The number of fused-ring (bicyclic) bond motifs is 1. The van der Waals surface area contributed by atoms with Crippen LogP contribution in [0.2, 0.25) is 0 Å². The summed E-state index contributed by atoms with van der Waals surface area (Å²) >= 11 is 6.85. The highest BCUT2D eigenvalue weighted by Gasteiger charge is 2.38. The standard InChI is InChI=1S/C24H28N4O2S2/c1-15-11-12-20-26-21(25-16-7-3-2-4-8-16)18(22(29)27(20)14-15)13-19-23(30)28(24(31)32-19)17-9-5-6-10-17/h11-14,16-17,25H,2-10H2,1H3. The summed E-state index contributed by atoms with van der Waals surface area (Å²) in [5.41, 5.74) is 1.86. The second-order valence-electron chi connectivity index (χ2n) is 9.08. The first-order valence-electron chi connectivity index (χ1n) is 11.6. The van der Waals surface area contributed by atoms with E-state index in [2.05, 4.69) is 5.32 Å². The lowest BCUT2D eigenvalue weighted by Crippen LogP contribution is -2.36. The monoisotopic (exact) mass is 468 g/mol. The van der Waals surface area contributed by atoms with Crippen LogP contribution in [0.3, 0.4) is 0 Å². The molecule has 2 aromatic heterocycles. The predicted octanol–water partition coefficient (Wildman–Crippen LogP) is 4.89. The third-order valence-electron chi connectivity index (χ3n) is 6.74. The number of aromatic nitrogens is 2. The zero-order chi connectivity index (χ0) is 22.2. The van der Waals surface area contributed by atoms with E-state index >= 15 is 0 Å². The first-order chi connectivity index (χ1) is 15.5. The highest BCUT2D eigenvalue weighted by Crippen LogP contribution is 2.38. The minimum atomic E-state index is -0.164. The Morgan fingerprint density at radius 1 is 1.09 bits per heavy atom. The van der Waals surface area contributed by atoms with Gasteiger partial charge in [-0.15, -0.1) is 0 Å². The van der Waals surface area contributed by atoms with E-state index < -0.39 is 0 Å². The number of hydrogen-bond donors (Lipinski definition) is 1. The van der Waals surface area contributed by atoms with E-state index in [1.165, 1.54) is 31.0 Å². The molecule has 0 radical (unpaired) electrons. The van der Waals surface area contributed by atoms with E-state index in [0.717, 1.165) is 44.1 Å². The minimum Gasteiger partial charge on any atom is -0.367 e. The maximum Gasteiger partial charge on any atom is 0.267 e. The Labute approximate surface area is 197 Å². The van der Waals surface area contributed by atoms with Gasteiger partial charge in [-0.3, -0.25) is 18.9 Å². The lowest BCUT2D eigenvalue weighted by Gasteiger charge is -2.24. The van der Waals surface area contributed by atoms with Gasteiger partial charge in [0.15, 0.2) is 0 Å². The van der Waals surface area contributed by atoms with Crippen LogP contribution in [-0.2, 0) is 4.79 Å². The largest absolute Gasteiger partial charge is 0.367 e. The van der Waals surface area contributed by atoms with Crippen molar-refractivity contribution >= 4 is 51.7 Å². The number of nitrogens with one attached hydrogen (secondary N) is 1. The summed E-state index contributed by atoms with van der Waals surface area (Å²) in [6.07, 6.45) is 13.5. The quantitative estimate of drug-likeness (QED) is 0.509. The fourth-order valence-corrected chi connectivity index (χ4v) is 6.41. The highest BCUT2D eigenvalue weighted by molar-refractivity contribution is 8.26. The van der Waals surface area contributed by atoms with Gasteiger partial charge in [-0.25, -0.2) is 4.98 Å². The summed E-state index contributed by atoms with van der Waals surface area (Å²) < 4.78 is 2.17. The lowest BCUT2D eigenvalue weighted by molar-refractivity contribution is -0.123. The molecule has 6 nitrogen and oxygen atoms in total. The van der Waals surface area contributed by atoms with Gasteiger partial charge in [0.25, 0.3) is 11.5 Å². The van der Waals surface area contributed by atoms with Gasteiger partial charge in [0, 0.05) is 18.3 Å². The van der Waals surface area contributed by atoms with Gasteiger partial charge in [-0.2, -0.15) is 0 Å². The Morgan fingerprint density at radius 2 is 1.81 bits per heavy atom. The molecule has 2 aromatic rings. The molecule has 3 aliphatic rings. The minimum absolute atomic E-state index is 0.0794. The van der Waals surface area contributed by atoms with Crippen molar-refractivity contribution in [2.24, 2.45) is 0 Å². The Bertz CT molecular complexity index is 1160. The molecule has 32 heavy (non-hydrogen) atoms. The van der Waals surface area contributed by atoms with Gasteiger partial charge in [-0.05, 0) is 50.3 Å². The van der Waals surface area contributed by atoms with Crippen LogP contribution in [0.25, 0.3) is 11.7 Å². The van der Waals surface area contributed by atoms with Crippen LogP contribution >= 0.6 is 24.0 Å². The SMILES string of the molecule is Cc1ccc2nc(NC3CCCCC3)c(C=C3SC(=S)N(C4CCCC4)C3=O)c(=O)n2c1. The summed E-state index contributed by atoms with van der Waals surface area (Å²) in [6, 6.07) is 4.31. The number of anilines is 1. The van der Waals surface area contributed by atoms with Crippen molar-refractivity contribution < 1.29 is 4.79 Å². The number of nitrogens with zero attached hydrogens (tertiary/aromatic N) is 3. The average Bonchev–Trinajstić information content (AvgIpc) is 3.40. The van der Waals surface area contributed by atoms with Crippen LogP contribution in [-0.4, -0.2) is 36.6 Å². The van der Waals surface area contributed by atoms with E-state index in [0.29, 0.717) is 32.3 Å². The van der Waals surface area contributed by atoms with E-state index in [1.54, 1.807) is 21.6 Å². The van der Waals surface area contributed by atoms with Crippen LogP contribution < -0.4 is 10.9 Å². The van der Waals surface area contributed by atoms with E-state index in [-0.39, 0.29) is 17.5 Å². The number of carbonyl (C=O) groups is 1. The lowest BCUT2D eigenvalue weighted by atomic mass is 9.95. The Kier molecular flexibility index (Phi) is 6.07. The van der Waals surface area contributed by atoms with E-state index in [1.807, 2.05) is 19.1 Å². The zero-order valence-electron chi connectivity index (χ0n) is 18.3. The van der Waals surface area contributed by atoms with Crippen LogP contribution in [0.1, 0.15) is 68.9 Å². The maximum absolute atomic E-state index is 13.5. The normalized spacial score (nSPS) is 21.9. The number of amides is 1. The fraction of sp³-hybridized carbons (Fsp3) is 0.500. The van der Waals surface area contributed by atoms with Gasteiger partial charge < -0.3 is 5.32 Å². The summed E-state index contributed by atoms with van der Waals surface area (Å²) in [5, 5.41) is 3.53. The molecule has 168 valence electrons. The number of thiocarbonyl (C=S) groups is 1. The molecule has 5 rings (SSSR count). The molecule has 1 aliphatic heterocycles. The first kappa shape index (κ1) is 21.6. The van der Waals surface area contributed by atoms with Crippen molar-refractivity contribution in [1.29, 1.82) is 0 Å². The van der Waals surface area contributed by atoms with Crippen LogP contribution in [0, 0.1) is 6.92 Å². The van der Waals surface area contributed by atoms with Crippen molar-refractivity contribution in [2.75, 3.05) is 5.32 Å². The van der Waals surface area contributed by atoms with E-state index in [9.17, 15) is 9.59 Å². The molecule has 1 N–H and O–H groups in total. The zero-order valence-corrected chi connectivity index (χ0v) is 19.9. The van der Waals surface area contributed by atoms with Crippen molar-refractivity contribution in [3.63, 3.8) is 0 Å². The smallest absolute Gasteiger partial charge is 0.267 e. The summed E-state index contributed by atoms with van der Waals surface area (Å²) in [4.78, 5) is 33.8. The number of aryl methyl sites for hydroxylation is 1. The molecule has 1 saturated heterocycles. The Hall–Kier alpha value is -2.19. The molecule has 2 aliphatic carbocycles. The first-order valence-corrected chi connectivity index (χ1v) is 12.8. The van der Waals surface area contributed by atoms with Gasteiger partial charge in [0.05, 0.1) is 10.5 Å². The number of thioether (sulfide) groups is 1. The molecular formula is C24H28N4O2S2. The van der Waals surface area contributed by atoms with Crippen LogP contribution in [0.15, 0.2) is 28.0 Å². The number of carbonyl (C=O) groups excluding carboxylic acids is 1. The molecule has 0 atom stereocenters. The maximum atomic E-state index is 13.5. The molecule has 0 aromatic carbocycles. The van der Waals surface area contributed by atoms with Crippen molar-refractivity contribution in [3.8, 4) is 0 Å². The van der Waals surface area contributed by atoms with Gasteiger partial charge >= 0.3 is 0 Å². The van der Waals surface area contributed by atoms with Crippen molar-refractivity contribution in [1.82, 2.24) is 14.3 Å². The topological polar surface area (TPSA) is 66.7 Å². The van der Waals surface area contributed by atoms with Gasteiger partial charge in [0.2, 0.25) is 0 Å². The number of hydrogen-bond acceptors (Lipinski definition) is 6. The third-order valence-corrected chi connectivity index (χ3v) is 8.07. The molecule has 3 heterocycles. The highest BCUT2D eigenvalue weighted by atomic mass is 32.2. The Balaban J connectivity index is 1.57.